The van der Waals surface area contributed by atoms with Gasteiger partial charge in [-0.2, -0.15) is 0 Å². The molecule has 0 aliphatic carbocycles. The Morgan fingerprint density at radius 1 is 0.580 bits per heavy atom. The molecule has 3 aliphatic rings. The van der Waals surface area contributed by atoms with Gasteiger partial charge in [-0.1, -0.05) is 85.1 Å². The highest BCUT2D eigenvalue weighted by atomic mass is 16.4. The first-order valence-electron chi connectivity index (χ1n) is 30.1. The van der Waals surface area contributed by atoms with Gasteiger partial charge in [0.05, 0.1) is 45.0 Å². The second kappa shape index (κ2) is 38.1. The monoisotopic (exact) mass is 1250 g/mol. The predicted octanol–water partition coefficient (Wildman–Crippen LogP) is -2.68. The molecule has 3 aliphatic heterocycles. The van der Waals surface area contributed by atoms with Crippen molar-refractivity contribution in [3.8, 4) is 0 Å². The van der Waals surface area contributed by atoms with Crippen molar-refractivity contribution in [2.75, 3.05) is 39.3 Å². The lowest BCUT2D eigenvalue weighted by atomic mass is 9.96. The number of aliphatic hydroxyl groups excluding tert-OH is 1. The average molecular weight is 1250 g/mol. The molecule has 492 valence electrons. The molecule has 88 heavy (non-hydrogen) atoms. The van der Waals surface area contributed by atoms with E-state index in [0.717, 1.165) is 50.0 Å². The number of carboxylic acid groups (broad SMARTS) is 3. The van der Waals surface area contributed by atoms with Crippen molar-refractivity contribution in [2.24, 2.45) is 11.8 Å². The third-order valence-electron chi connectivity index (χ3n) is 15.1. The molecule has 12 amide bonds. The van der Waals surface area contributed by atoms with Crippen LogP contribution in [0, 0.1) is 11.8 Å². The van der Waals surface area contributed by atoms with Crippen LogP contribution in [0.3, 0.4) is 0 Å². The van der Waals surface area contributed by atoms with Gasteiger partial charge in [0.1, 0.15) is 48.3 Å². The number of aliphatic carboxylic acids is 3. The molecule has 0 spiro atoms. The van der Waals surface area contributed by atoms with Crippen LogP contribution in [0.1, 0.15) is 150 Å². The fraction of sp³-hybridized carbons (Fsp3) is 0.702. The van der Waals surface area contributed by atoms with E-state index in [9.17, 15) is 92.3 Å². The van der Waals surface area contributed by atoms with Crippen LogP contribution in [-0.2, 0) is 71.9 Å². The summed E-state index contributed by atoms with van der Waals surface area (Å²) in [7, 11) is 0. The third kappa shape index (κ3) is 26.0. The fourth-order valence-corrected chi connectivity index (χ4v) is 10.1. The van der Waals surface area contributed by atoms with E-state index in [-0.39, 0.29) is 38.8 Å². The summed E-state index contributed by atoms with van der Waals surface area (Å²) < 4.78 is 0. The fourth-order valence-electron chi connectivity index (χ4n) is 10.1. The Balaban J connectivity index is 2.02. The van der Waals surface area contributed by atoms with Crippen LogP contribution in [0.15, 0.2) is 12.2 Å². The number of carbonyl (C=O) groups excluding carboxylic acids is 12. The normalized spacial score (nSPS) is 24.1. The summed E-state index contributed by atoms with van der Waals surface area (Å²) in [6.45, 7) is 5.06. The Labute approximate surface area is 510 Å². The molecular weight excluding hydrogens is 1160 g/mol. The second-order valence-electron chi connectivity index (χ2n) is 22.8. The molecule has 0 saturated carbocycles. The number of rotatable bonds is 23. The van der Waals surface area contributed by atoms with Crippen molar-refractivity contribution in [1.29, 1.82) is 0 Å². The number of piperidine rings is 1. The van der Waals surface area contributed by atoms with E-state index < -0.39 is 195 Å². The van der Waals surface area contributed by atoms with Gasteiger partial charge < -0.3 is 83.4 Å². The van der Waals surface area contributed by atoms with Crippen LogP contribution < -0.4 is 53.2 Å². The van der Waals surface area contributed by atoms with Gasteiger partial charge in [-0.05, 0) is 69.8 Å². The van der Waals surface area contributed by atoms with Gasteiger partial charge >= 0.3 is 17.9 Å². The lowest BCUT2D eigenvalue weighted by Gasteiger charge is -2.37. The Bertz CT molecular complexity index is 2530. The first kappa shape index (κ1) is 74.0. The number of unbranched alkanes of at least 4 members (excludes halogenated alkanes) is 7. The highest BCUT2D eigenvalue weighted by molar-refractivity contribution is 6.00. The summed E-state index contributed by atoms with van der Waals surface area (Å²) in [5.74, 6) is -17.2. The minimum atomic E-state index is -1.90. The summed E-state index contributed by atoms with van der Waals surface area (Å²) in [4.78, 5) is 202. The molecule has 3 rings (SSSR count). The first-order valence-corrected chi connectivity index (χ1v) is 30.1. The van der Waals surface area contributed by atoms with Crippen molar-refractivity contribution in [2.45, 2.75) is 205 Å². The van der Waals surface area contributed by atoms with Gasteiger partial charge in [0.15, 0.2) is 0 Å². The number of fused-ring (bicyclic) bond motifs is 2. The zero-order chi connectivity index (χ0) is 65.6. The van der Waals surface area contributed by atoms with E-state index in [1.807, 2.05) is 0 Å². The Kier molecular flexibility index (Phi) is 32.1. The predicted molar refractivity (Wildman–Crippen MR) is 311 cm³/mol. The molecule has 31 nitrogen and oxygen atoms in total. The van der Waals surface area contributed by atoms with Crippen LogP contribution in [0.2, 0.25) is 0 Å². The largest absolute Gasteiger partial charge is 0.481 e. The van der Waals surface area contributed by atoms with Crippen molar-refractivity contribution in [3.05, 3.63) is 12.2 Å². The maximum Gasteiger partial charge on any atom is 0.305 e. The van der Waals surface area contributed by atoms with E-state index in [4.69, 9.17) is 0 Å². The first-order chi connectivity index (χ1) is 41.6. The molecule has 3 fully saturated rings. The lowest BCUT2D eigenvalue weighted by molar-refractivity contribution is -0.146. The van der Waals surface area contributed by atoms with E-state index in [2.05, 4.69) is 67.0 Å². The Morgan fingerprint density at radius 3 is 1.61 bits per heavy atom. The average Bonchev–Trinajstić information content (AvgIpc) is 4.14. The zero-order valence-corrected chi connectivity index (χ0v) is 50.8. The van der Waals surface area contributed by atoms with Crippen molar-refractivity contribution >= 4 is 88.8 Å². The van der Waals surface area contributed by atoms with E-state index in [0.29, 0.717) is 25.2 Å². The van der Waals surface area contributed by atoms with E-state index in [1.54, 1.807) is 19.9 Å². The Hall–Kier alpha value is -8.25. The van der Waals surface area contributed by atoms with Crippen LogP contribution in [0.25, 0.3) is 0 Å². The summed E-state index contributed by atoms with van der Waals surface area (Å²) in [5.41, 5.74) is 0. The number of amides is 12. The molecular formula is C57H90N12O19. The molecule has 31 heteroatoms. The molecule has 14 N–H and O–H groups in total. The molecule has 0 aromatic carbocycles. The molecule has 3 saturated heterocycles. The maximum absolute atomic E-state index is 14.8. The van der Waals surface area contributed by atoms with E-state index in [1.165, 1.54) is 24.2 Å². The molecule has 3 heterocycles. The van der Waals surface area contributed by atoms with Gasteiger partial charge in [-0.25, -0.2) is 0 Å². The van der Waals surface area contributed by atoms with Gasteiger partial charge in [-0.3, -0.25) is 71.9 Å². The van der Waals surface area contributed by atoms with Crippen LogP contribution in [0.4, 0.5) is 0 Å². The van der Waals surface area contributed by atoms with Gasteiger partial charge in [0.25, 0.3) is 0 Å². The quantitative estimate of drug-likeness (QED) is 0.0366. The summed E-state index contributed by atoms with van der Waals surface area (Å²) in [6.07, 6.45) is 8.26. The third-order valence-corrected chi connectivity index (χ3v) is 15.1. The number of nitrogens with zero attached hydrogens (tertiary/aromatic N) is 2. The maximum atomic E-state index is 14.8. The number of hydrogen-bond donors (Lipinski definition) is 14. The highest BCUT2D eigenvalue weighted by Gasteiger charge is 2.43. The standard InChI is InChI=1S/C57H90N12O19/c1-6-33(4)48-57(88)69-24-18-21-40(69)53(84)58-28-38(65-52(83)37(27-47(79)80)62-41(71)22-15-13-11-9-7-8-10-12-14-19-32(2)3)56(87)68-23-17-16-20-39(68)54(85)61-30-43(73)64-35(25-45(75)76)50(81)59-29-42(72)63-36(26-46(77)78)51(82)60-31-44(74)66-49(34(5)70)55(86)67-48/h15,22,32-40,48-49,70H,6-14,16-21,23-31H2,1-5H3,(H,58,84)(H,59,81)(H,60,82)(H,61,85)(H,62,71)(H,63,72)(H,64,73)(H,65,83)(H,66,74)(H,67,86)(H,75,76)(H,77,78)(H,79,80)/b22-15+/t33-,34-,35+,36+,37+,38+,39?,40+,48+,49+/m1/s1. The summed E-state index contributed by atoms with van der Waals surface area (Å²) in [6, 6.07) is -13.2. The van der Waals surface area contributed by atoms with Crippen molar-refractivity contribution < 1.29 is 92.3 Å². The highest BCUT2D eigenvalue weighted by Crippen LogP contribution is 2.23. The minimum Gasteiger partial charge on any atom is -0.481 e. The number of allylic oxidation sites excluding steroid dienone is 1. The molecule has 1 unspecified atom stereocenters. The molecule has 0 bridgehead atoms. The number of carboxylic acids is 3. The molecule has 0 aromatic rings. The van der Waals surface area contributed by atoms with Crippen LogP contribution >= 0.6 is 0 Å². The topological polar surface area (TPSA) is 464 Å². The Morgan fingerprint density at radius 2 is 1.08 bits per heavy atom. The number of nitrogens with one attached hydrogen (secondary N) is 10. The number of hydrogen-bond acceptors (Lipinski definition) is 16. The smallest absolute Gasteiger partial charge is 0.305 e. The van der Waals surface area contributed by atoms with Crippen molar-refractivity contribution in [3.63, 3.8) is 0 Å². The van der Waals surface area contributed by atoms with Crippen LogP contribution in [0.5, 0.6) is 0 Å². The zero-order valence-electron chi connectivity index (χ0n) is 50.8. The molecule has 0 aromatic heterocycles. The molecule has 10 atom stereocenters. The van der Waals surface area contributed by atoms with E-state index >= 15 is 0 Å². The van der Waals surface area contributed by atoms with Crippen LogP contribution in [-0.4, -0.2) is 213 Å². The number of carbonyl (C=O) groups is 15. The van der Waals surface area contributed by atoms with Gasteiger partial charge in [-0.15, -0.1) is 0 Å². The number of aliphatic hydroxyl groups is 1. The van der Waals surface area contributed by atoms with Gasteiger partial charge in [0.2, 0.25) is 70.9 Å². The summed E-state index contributed by atoms with van der Waals surface area (Å²) in [5, 5.41) is 62.4. The SMILES string of the molecule is CC[C@@H](C)[C@@H]1NC(=O)[C@H]([C@@H](C)O)NC(=O)CNC(=O)[C@H](CC(=O)O)NC(=O)CNC(=O)[C@H](CC(=O)O)NC(=O)CNC(=O)C2CCCCN2C(=O)[C@@H](NC(=O)[C@H](CC(=O)O)NC(=O)/C=C/CCCCCCCCCC(C)C)CNC(=O)[C@@H]2CCCN2C1=O. The summed E-state index contributed by atoms with van der Waals surface area (Å²) >= 11 is 0. The van der Waals surface area contributed by atoms with Crippen molar-refractivity contribution in [1.82, 2.24) is 63.0 Å². The lowest BCUT2D eigenvalue weighted by Crippen LogP contribution is -2.63. The molecule has 0 radical (unpaired) electrons. The second-order valence-corrected chi connectivity index (χ2v) is 22.8. The minimum absolute atomic E-state index is 0.0161. The van der Waals surface area contributed by atoms with Gasteiger partial charge in [0, 0.05) is 19.6 Å².